The predicted octanol–water partition coefficient (Wildman–Crippen LogP) is -0.294. The van der Waals surface area contributed by atoms with Gasteiger partial charge in [0, 0.05) is 0 Å². The average Bonchev–Trinajstić information content (AvgIpc) is 1.00. The van der Waals surface area contributed by atoms with Crippen LogP contribution in [0.25, 0.3) is 0 Å². The van der Waals surface area contributed by atoms with Crippen molar-refractivity contribution in [3.8, 4) is 0 Å². The zero-order chi connectivity index (χ0) is 2.00. The standard InChI is InChI=1S/Ca.Mg.H2O2.4H/c;;1-2;;;;/h;;1-2H;;;;/q2*+2;;4*-1. The molecule has 2 nitrogen and oxygen atoms in total. The van der Waals surface area contributed by atoms with E-state index >= 15 is 0 Å². The first-order chi connectivity index (χ1) is 1.00. The minimum atomic E-state index is 0. The molecule has 0 fully saturated rings. The van der Waals surface area contributed by atoms with E-state index < -0.39 is 0 Å². The van der Waals surface area contributed by atoms with Crippen LogP contribution in [0.3, 0.4) is 0 Å². The first kappa shape index (κ1) is 16.8. The van der Waals surface area contributed by atoms with Gasteiger partial charge in [0.1, 0.15) is 0 Å². The van der Waals surface area contributed by atoms with Crippen LogP contribution in [0.4, 0.5) is 0 Å². The fraction of sp³-hybridized carbons (Fsp3) is 0. The van der Waals surface area contributed by atoms with Crippen LogP contribution in [0, 0.1) is 0 Å². The van der Waals surface area contributed by atoms with Crippen molar-refractivity contribution in [2.75, 3.05) is 0 Å². The Balaban J connectivity index is -0.000000000333. The minimum absolute atomic E-state index is 0. The maximum atomic E-state index is 6.00. The van der Waals surface area contributed by atoms with Crippen molar-refractivity contribution in [3.63, 3.8) is 0 Å². The molecule has 0 bridgehead atoms. The summed E-state index contributed by atoms with van der Waals surface area (Å²) in [6, 6.07) is 0. The minimum Gasteiger partial charge on any atom is -1.00 e. The maximum Gasteiger partial charge on any atom is 2.00 e. The largest absolute Gasteiger partial charge is 2.00 e. The summed E-state index contributed by atoms with van der Waals surface area (Å²) >= 11 is 0. The van der Waals surface area contributed by atoms with Crippen molar-refractivity contribution in [2.24, 2.45) is 0 Å². The number of hydrogen-bond donors (Lipinski definition) is 2. The van der Waals surface area contributed by atoms with E-state index in [4.69, 9.17) is 10.5 Å². The molecule has 0 saturated heterocycles. The van der Waals surface area contributed by atoms with E-state index in [0.717, 1.165) is 0 Å². The van der Waals surface area contributed by atoms with Gasteiger partial charge in [0.05, 0.1) is 0 Å². The number of hydrogen-bond acceptors (Lipinski definition) is 2. The molecule has 4 heavy (non-hydrogen) atoms. The van der Waals surface area contributed by atoms with E-state index in [9.17, 15) is 0 Å². The fourth-order valence-corrected chi connectivity index (χ4v) is 0. The van der Waals surface area contributed by atoms with Gasteiger partial charge in [0.2, 0.25) is 0 Å². The van der Waals surface area contributed by atoms with Crippen molar-refractivity contribution in [3.05, 3.63) is 0 Å². The molecule has 0 radical (unpaired) electrons. The summed E-state index contributed by atoms with van der Waals surface area (Å²) in [7, 11) is 0. The molecule has 0 atom stereocenters. The van der Waals surface area contributed by atoms with Gasteiger partial charge in [-0.1, -0.05) is 0 Å². The Morgan fingerprint density at radius 3 is 1.25 bits per heavy atom. The van der Waals surface area contributed by atoms with Crippen molar-refractivity contribution in [1.82, 2.24) is 0 Å². The van der Waals surface area contributed by atoms with Crippen LogP contribution in [0.2, 0.25) is 0 Å². The van der Waals surface area contributed by atoms with E-state index in [-0.39, 0.29) is 66.5 Å². The maximum absolute atomic E-state index is 6.00. The van der Waals surface area contributed by atoms with Gasteiger partial charge in [-0.2, -0.15) is 0 Å². The smallest absolute Gasteiger partial charge is 1.00 e. The monoisotopic (exact) mass is 102 g/mol. The Hall–Kier alpha value is 1.95. The normalized spacial score (nSPS) is 1.50. The van der Waals surface area contributed by atoms with Crippen LogP contribution in [-0.4, -0.2) is 71.3 Å². The molecule has 0 spiro atoms. The molecule has 0 saturated carbocycles. The van der Waals surface area contributed by atoms with Gasteiger partial charge in [-0.25, -0.2) is 0 Å². The van der Waals surface area contributed by atoms with Gasteiger partial charge in [-0.3, -0.25) is 10.5 Å². The zero-order valence-corrected chi connectivity index (χ0v) is 5.93. The average molecular weight is 102 g/mol. The van der Waals surface area contributed by atoms with E-state index in [1.54, 1.807) is 0 Å². The first-order valence-electron chi connectivity index (χ1n) is 0.200. The predicted molar refractivity (Wildman–Crippen MR) is 21.2 cm³/mol. The quantitative estimate of drug-likeness (QED) is 0.251. The summed E-state index contributed by atoms with van der Waals surface area (Å²) in [5.74, 6) is 0. The van der Waals surface area contributed by atoms with E-state index in [1.807, 2.05) is 0 Å². The second-order valence-electron chi connectivity index (χ2n) is 0. The van der Waals surface area contributed by atoms with Gasteiger partial charge in [-0.05, 0) is 0 Å². The van der Waals surface area contributed by atoms with Gasteiger partial charge in [-0.15, -0.1) is 0 Å². The van der Waals surface area contributed by atoms with Crippen LogP contribution in [0.15, 0.2) is 0 Å². The Labute approximate surface area is 76.2 Å². The van der Waals surface area contributed by atoms with Crippen LogP contribution >= 0.6 is 0 Å². The third-order valence-corrected chi connectivity index (χ3v) is 0. The number of rotatable bonds is 0. The van der Waals surface area contributed by atoms with Crippen LogP contribution < -0.4 is 0 Å². The van der Waals surface area contributed by atoms with Gasteiger partial charge >= 0.3 is 60.8 Å². The van der Waals surface area contributed by atoms with Crippen LogP contribution in [0.5, 0.6) is 0 Å². The Bertz CT molecular complexity index is 14.0. The second-order valence-corrected chi connectivity index (χ2v) is 0. The zero-order valence-electron chi connectivity index (χ0n) is 6.31. The summed E-state index contributed by atoms with van der Waals surface area (Å²) < 4.78 is 0. The Morgan fingerprint density at radius 2 is 1.25 bits per heavy atom. The summed E-state index contributed by atoms with van der Waals surface area (Å²) in [5, 5.41) is 12.0. The SMILES string of the molecule is OO.[Ca+2].[H-].[H-].[H-].[H-].[Mg+2]. The molecule has 4 heteroatoms. The molecule has 0 rings (SSSR count). The second kappa shape index (κ2) is 20.3. The van der Waals surface area contributed by atoms with Crippen molar-refractivity contribution >= 4 is 60.8 Å². The molecule has 0 unspecified atom stereocenters. The summed E-state index contributed by atoms with van der Waals surface area (Å²) in [4.78, 5) is 0. The first-order valence-corrected chi connectivity index (χ1v) is 0.200. The Morgan fingerprint density at radius 1 is 1.25 bits per heavy atom. The van der Waals surface area contributed by atoms with Gasteiger partial charge < -0.3 is 5.71 Å². The third kappa shape index (κ3) is 9.04. The van der Waals surface area contributed by atoms with Gasteiger partial charge in [0.25, 0.3) is 0 Å². The van der Waals surface area contributed by atoms with Crippen LogP contribution in [-0.2, 0) is 0 Å². The molecule has 0 aliphatic carbocycles. The topological polar surface area (TPSA) is 40.5 Å². The van der Waals surface area contributed by atoms with E-state index in [2.05, 4.69) is 0 Å². The molecule has 0 aromatic heterocycles. The molecule has 0 heterocycles. The summed E-state index contributed by atoms with van der Waals surface area (Å²) in [6.07, 6.45) is 0. The molecule has 0 amide bonds. The van der Waals surface area contributed by atoms with E-state index in [1.165, 1.54) is 0 Å². The molecular formula is H6CaMgO2. The molecule has 0 aliphatic heterocycles. The van der Waals surface area contributed by atoms with E-state index in [0.29, 0.717) is 0 Å². The molecule has 0 aliphatic rings. The van der Waals surface area contributed by atoms with Crippen molar-refractivity contribution in [1.29, 1.82) is 0 Å². The van der Waals surface area contributed by atoms with Crippen LogP contribution in [0.1, 0.15) is 5.71 Å². The molecule has 2 N–H and O–H groups in total. The van der Waals surface area contributed by atoms with Crippen molar-refractivity contribution in [2.45, 2.75) is 0 Å². The van der Waals surface area contributed by atoms with Gasteiger partial charge in [0.15, 0.2) is 0 Å². The summed E-state index contributed by atoms with van der Waals surface area (Å²) in [5.41, 5.74) is 0. The third-order valence-electron chi connectivity index (χ3n) is 0. The molecular weight excluding hydrogens is 96.4 g/mol. The molecule has 0 aromatic rings. The molecule has 22 valence electrons. The molecule has 0 aromatic carbocycles. The van der Waals surface area contributed by atoms with Crippen molar-refractivity contribution < 1.29 is 16.2 Å². The Kier molecular flexibility index (Phi) is 85.2. The summed E-state index contributed by atoms with van der Waals surface area (Å²) in [6.45, 7) is 0. The fourth-order valence-electron chi connectivity index (χ4n) is 0.